The standard InChI is InChI=1S/C8H9NO2.C6H4NO2.O.Sn/c1-11-9(10)7-8-5-3-2-4-6-8;8-7(9)6-4-2-1-3-5-6;;/h2-3,5-6H,7H2,1H3;1-2,4-5H;;/q+1;;;. The van der Waals surface area contributed by atoms with E-state index < -0.39 is 24.7 Å². The van der Waals surface area contributed by atoms with Crippen molar-refractivity contribution in [3.05, 3.63) is 69.1 Å². The van der Waals surface area contributed by atoms with Gasteiger partial charge < -0.3 is 0 Å². The molecule has 0 aliphatic carbocycles. The minimum atomic E-state index is -3.42. The molecule has 0 bridgehead atoms. The second-order valence-electron chi connectivity index (χ2n) is 4.51. The number of benzene rings is 2. The molecule has 0 spiro atoms. The summed E-state index contributed by atoms with van der Waals surface area (Å²) in [6, 6.07) is 12.7. The van der Waals surface area contributed by atoms with E-state index >= 15 is 0 Å². The van der Waals surface area contributed by atoms with Crippen molar-refractivity contribution in [2.24, 2.45) is 0 Å². The third-order valence-electron chi connectivity index (χ3n) is 3.02. The number of hydrogen-bond acceptors (Lipinski definition) is 5. The molecule has 0 aliphatic rings. The molecule has 2 rings (SSSR count). The van der Waals surface area contributed by atoms with Crippen LogP contribution in [0.4, 0.5) is 5.69 Å². The van der Waals surface area contributed by atoms with Crippen molar-refractivity contribution in [1.29, 1.82) is 0 Å². The van der Waals surface area contributed by atoms with Crippen molar-refractivity contribution in [3.8, 4) is 0 Å². The van der Waals surface area contributed by atoms with Crippen LogP contribution in [-0.2, 0) is 14.5 Å². The summed E-state index contributed by atoms with van der Waals surface area (Å²) in [6.45, 7) is 0.0235. The number of nitro groups is 1. The van der Waals surface area contributed by atoms with Gasteiger partial charge in [-0.15, -0.1) is 0 Å². The Balaban J connectivity index is 2.29. The molecule has 0 fully saturated rings. The van der Waals surface area contributed by atoms with Crippen LogP contribution in [0.2, 0.25) is 0 Å². The maximum absolute atomic E-state index is 12.7. The van der Waals surface area contributed by atoms with Crippen LogP contribution in [0, 0.1) is 15.0 Å². The zero-order valence-corrected chi connectivity index (χ0v) is 14.6. The first kappa shape index (κ1) is 16.2. The van der Waals surface area contributed by atoms with Crippen LogP contribution in [0.1, 0.15) is 5.56 Å². The van der Waals surface area contributed by atoms with E-state index in [0.29, 0.717) is 17.6 Å². The van der Waals surface area contributed by atoms with Crippen molar-refractivity contribution in [2.75, 3.05) is 7.11 Å². The van der Waals surface area contributed by atoms with Crippen molar-refractivity contribution in [3.63, 3.8) is 0 Å². The molecule has 0 radical (unpaired) electrons. The first-order valence-corrected chi connectivity index (χ1v) is 10.4. The van der Waals surface area contributed by atoms with E-state index in [9.17, 15) is 18.1 Å². The quantitative estimate of drug-likeness (QED) is 0.404. The van der Waals surface area contributed by atoms with Gasteiger partial charge in [0.15, 0.2) is 0 Å². The first-order valence-electron chi connectivity index (χ1n) is 6.38. The Labute approximate surface area is 133 Å². The summed E-state index contributed by atoms with van der Waals surface area (Å²) in [5.41, 5.74) is 0.599. The van der Waals surface area contributed by atoms with E-state index in [1.54, 1.807) is 30.3 Å². The Hall–Kier alpha value is -2.16. The van der Waals surface area contributed by atoms with Crippen LogP contribution in [0.5, 0.6) is 0 Å². The van der Waals surface area contributed by atoms with Gasteiger partial charge in [-0.05, 0) is 0 Å². The summed E-state index contributed by atoms with van der Waals surface area (Å²) in [5, 5.41) is 10.8. The van der Waals surface area contributed by atoms with Crippen LogP contribution in [-0.4, -0.2) is 36.7 Å². The monoisotopic (exact) mass is 409 g/mol. The molecule has 0 unspecified atom stereocenters. The van der Waals surface area contributed by atoms with Gasteiger partial charge in [-0.3, -0.25) is 0 Å². The number of rotatable bonds is 6. The number of nitrogens with zero attached hydrogens (tertiary/aromatic N) is 2. The molecule has 0 aliphatic heterocycles. The van der Waals surface area contributed by atoms with Crippen LogP contribution in [0.3, 0.4) is 0 Å². The number of non-ortho nitro benzene ring substituents is 1. The molecule has 0 heterocycles. The molecule has 0 atom stereocenters. The Morgan fingerprint density at radius 1 is 1.09 bits per heavy atom. The van der Waals surface area contributed by atoms with Gasteiger partial charge >= 0.3 is 133 Å². The Kier molecular flexibility index (Phi) is 5.31. The second kappa shape index (κ2) is 7.21. The molecule has 7 nitrogen and oxygen atoms in total. The third kappa shape index (κ3) is 3.94. The molecule has 0 aromatic heterocycles. The Bertz CT molecular complexity index is 748. The SMILES string of the molecule is CO[N+](=O)Cc1ccc[c]([Sn](=[O])[c]2cccc([N+](=O)[O-])c2)c1. The summed E-state index contributed by atoms with van der Waals surface area (Å²) in [5.74, 6) is 0. The predicted octanol–water partition coefficient (Wildman–Crippen LogP) is 0.971. The minimum absolute atomic E-state index is 0.0235. The van der Waals surface area contributed by atoms with Crippen molar-refractivity contribution in [1.82, 2.24) is 0 Å². The first-order chi connectivity index (χ1) is 10.5. The molecular formula is C14H13N2O5Sn+. The van der Waals surface area contributed by atoms with Gasteiger partial charge in [0.2, 0.25) is 0 Å². The molecule has 2 aromatic rings. The van der Waals surface area contributed by atoms with Crippen LogP contribution in [0.25, 0.3) is 0 Å². The van der Waals surface area contributed by atoms with Gasteiger partial charge in [0, 0.05) is 0 Å². The molecular weight excluding hydrogens is 395 g/mol. The fraction of sp³-hybridized carbons (Fsp3) is 0.143. The number of hydrogen-bond donors (Lipinski definition) is 0. The van der Waals surface area contributed by atoms with Crippen LogP contribution >= 0.6 is 0 Å². The second-order valence-corrected chi connectivity index (χ2v) is 9.68. The van der Waals surface area contributed by atoms with Crippen molar-refractivity contribution in [2.45, 2.75) is 6.54 Å². The van der Waals surface area contributed by atoms with Gasteiger partial charge in [-0.1, -0.05) is 0 Å². The molecule has 0 amide bonds. The van der Waals surface area contributed by atoms with Gasteiger partial charge in [0.1, 0.15) is 0 Å². The normalized spacial score (nSPS) is 10.0. The van der Waals surface area contributed by atoms with Gasteiger partial charge in [0.25, 0.3) is 0 Å². The van der Waals surface area contributed by atoms with Crippen molar-refractivity contribution < 1.29 is 17.8 Å². The third-order valence-corrected chi connectivity index (χ3v) is 7.79. The molecule has 2 aromatic carbocycles. The van der Waals surface area contributed by atoms with E-state index in [2.05, 4.69) is 4.84 Å². The fourth-order valence-corrected chi connectivity index (χ4v) is 6.02. The molecule has 112 valence electrons. The van der Waals surface area contributed by atoms with Crippen LogP contribution in [0.15, 0.2) is 48.5 Å². The average Bonchev–Trinajstić information content (AvgIpc) is 2.54. The topological polar surface area (TPSA) is 89.5 Å². The van der Waals surface area contributed by atoms with Crippen LogP contribution < -0.4 is 7.16 Å². The zero-order chi connectivity index (χ0) is 16.1. The van der Waals surface area contributed by atoms with E-state index in [4.69, 9.17) is 0 Å². The van der Waals surface area contributed by atoms with E-state index in [1.807, 2.05) is 0 Å². The Morgan fingerprint density at radius 3 is 2.36 bits per heavy atom. The van der Waals surface area contributed by atoms with Gasteiger partial charge in [0.05, 0.1) is 0 Å². The molecule has 0 saturated heterocycles. The summed E-state index contributed by atoms with van der Waals surface area (Å²) in [6.07, 6.45) is 0. The van der Waals surface area contributed by atoms with E-state index in [1.165, 1.54) is 25.3 Å². The summed E-state index contributed by atoms with van der Waals surface area (Å²) < 4.78 is 13.8. The molecule has 8 heteroatoms. The summed E-state index contributed by atoms with van der Waals surface area (Å²) >= 11 is -3.42. The van der Waals surface area contributed by atoms with E-state index in [-0.39, 0.29) is 12.2 Å². The van der Waals surface area contributed by atoms with Gasteiger partial charge in [-0.2, -0.15) is 0 Å². The maximum atomic E-state index is 12.7. The zero-order valence-electron chi connectivity index (χ0n) is 11.8. The molecule has 0 saturated carbocycles. The van der Waals surface area contributed by atoms with Gasteiger partial charge in [-0.25, -0.2) is 0 Å². The predicted molar refractivity (Wildman–Crippen MR) is 79.6 cm³/mol. The Morgan fingerprint density at radius 2 is 1.73 bits per heavy atom. The van der Waals surface area contributed by atoms with E-state index in [0.717, 1.165) is 0 Å². The number of nitro benzene ring substituents is 1. The van der Waals surface area contributed by atoms with Crippen molar-refractivity contribution >= 4 is 32.6 Å². The molecule has 0 N–H and O–H groups in total. The summed E-state index contributed by atoms with van der Waals surface area (Å²) in [7, 11) is 1.27. The molecule has 22 heavy (non-hydrogen) atoms. The fourth-order valence-electron chi connectivity index (χ4n) is 1.95. The average molecular weight is 408 g/mol. The summed E-state index contributed by atoms with van der Waals surface area (Å²) in [4.78, 5) is 26.4.